The van der Waals surface area contributed by atoms with Gasteiger partial charge in [0.15, 0.2) is 6.33 Å². The highest BCUT2D eigenvalue weighted by Gasteiger charge is 2.29. The van der Waals surface area contributed by atoms with Crippen LogP contribution < -0.4 is 10.5 Å². The Kier molecular flexibility index (Phi) is 7.70. The molecular weight excluding hydrogens is 442 g/mol. The van der Waals surface area contributed by atoms with Crippen molar-refractivity contribution in [3.8, 4) is 5.75 Å². The maximum Gasteiger partial charge on any atom is 0.256 e. The summed E-state index contributed by atoms with van der Waals surface area (Å²) in [5.74, 6) is -0.935. The Morgan fingerprint density at radius 1 is 1.22 bits per heavy atom. The lowest BCUT2D eigenvalue weighted by molar-refractivity contribution is 0.0786. The predicted molar refractivity (Wildman–Crippen MR) is 115 cm³/mol. The number of likely N-dealkylation sites (tertiary alicyclic amines) is 1. The summed E-state index contributed by atoms with van der Waals surface area (Å²) in [6.45, 7) is 1.42. The number of halogens is 3. The van der Waals surface area contributed by atoms with E-state index in [2.05, 4.69) is 15.4 Å². The monoisotopic (exact) mass is 464 g/mol. The average molecular weight is 465 g/mol. The van der Waals surface area contributed by atoms with E-state index >= 15 is 0 Å². The van der Waals surface area contributed by atoms with Crippen molar-refractivity contribution >= 4 is 18.3 Å². The second kappa shape index (κ2) is 10.5. The van der Waals surface area contributed by atoms with Crippen molar-refractivity contribution in [2.24, 2.45) is 5.73 Å². The normalized spacial score (nSPS) is 16.5. The summed E-state index contributed by atoms with van der Waals surface area (Å²) in [5, 5.41) is 11.2. The van der Waals surface area contributed by atoms with Gasteiger partial charge in [0.05, 0.1) is 18.2 Å². The van der Waals surface area contributed by atoms with Crippen LogP contribution in [0.25, 0.3) is 0 Å². The minimum atomic E-state index is -0.653. The Hall–Kier alpha value is -3.11. The van der Waals surface area contributed by atoms with Gasteiger partial charge in [0.25, 0.3) is 5.91 Å². The van der Waals surface area contributed by atoms with E-state index in [-0.39, 0.29) is 48.0 Å². The first-order valence-electron chi connectivity index (χ1n) is 9.93. The van der Waals surface area contributed by atoms with E-state index < -0.39 is 11.9 Å². The average Bonchev–Trinajstić information content (AvgIpc) is 3.45. The summed E-state index contributed by atoms with van der Waals surface area (Å²) in [5.41, 5.74) is 6.91. The number of nitrogens with two attached hydrogens (primary N) is 1. The summed E-state index contributed by atoms with van der Waals surface area (Å²) in [6, 6.07) is 10.0. The van der Waals surface area contributed by atoms with Gasteiger partial charge in [-0.3, -0.25) is 4.79 Å². The fourth-order valence-corrected chi connectivity index (χ4v) is 3.62. The van der Waals surface area contributed by atoms with Crippen LogP contribution in [0.5, 0.6) is 5.75 Å². The Morgan fingerprint density at radius 3 is 2.69 bits per heavy atom. The molecule has 170 valence electrons. The molecule has 2 atom stereocenters. The zero-order valence-corrected chi connectivity index (χ0v) is 17.9. The third-order valence-corrected chi connectivity index (χ3v) is 5.24. The Balaban J connectivity index is 0.00000289. The maximum absolute atomic E-state index is 14.6. The van der Waals surface area contributed by atoms with E-state index in [1.165, 1.54) is 35.4 Å². The lowest BCUT2D eigenvalue weighted by Crippen LogP contribution is -2.33. The van der Waals surface area contributed by atoms with Crippen molar-refractivity contribution in [2.75, 3.05) is 19.7 Å². The molecule has 4 rings (SSSR count). The number of nitrogens with zero attached hydrogens (tertiary/aromatic N) is 5. The number of tetrazole rings is 1. The van der Waals surface area contributed by atoms with Gasteiger partial charge in [-0.1, -0.05) is 12.1 Å². The molecule has 11 heteroatoms. The van der Waals surface area contributed by atoms with Crippen molar-refractivity contribution in [2.45, 2.75) is 24.9 Å². The molecular formula is C21H23ClF2N6O2. The van der Waals surface area contributed by atoms with Gasteiger partial charge in [0.1, 0.15) is 24.0 Å². The number of ether oxygens (including phenoxy) is 1. The molecule has 1 aliphatic heterocycles. The molecule has 2 aromatic carbocycles. The van der Waals surface area contributed by atoms with Gasteiger partial charge in [-0.25, -0.2) is 8.78 Å². The first-order chi connectivity index (χ1) is 15.0. The molecule has 8 nitrogen and oxygen atoms in total. The minimum absolute atomic E-state index is 0. The Bertz CT molecular complexity index is 1040. The van der Waals surface area contributed by atoms with Gasteiger partial charge in [0, 0.05) is 25.1 Å². The molecule has 2 N–H and O–H groups in total. The molecule has 0 saturated carbocycles. The molecule has 3 aromatic rings. The number of hydrogen-bond donors (Lipinski definition) is 1. The smallest absolute Gasteiger partial charge is 0.256 e. The summed E-state index contributed by atoms with van der Waals surface area (Å²) >= 11 is 0. The number of hydrogen-bond acceptors (Lipinski definition) is 6. The van der Waals surface area contributed by atoms with E-state index in [0.717, 1.165) is 12.0 Å². The van der Waals surface area contributed by atoms with Crippen LogP contribution in [0.2, 0.25) is 0 Å². The second-order valence-corrected chi connectivity index (χ2v) is 7.49. The molecule has 1 aromatic heterocycles. The fourth-order valence-electron chi connectivity index (χ4n) is 3.62. The summed E-state index contributed by atoms with van der Waals surface area (Å²) in [4.78, 5) is 15.8. The van der Waals surface area contributed by atoms with E-state index in [9.17, 15) is 13.6 Å². The molecule has 1 saturated heterocycles. The minimum Gasteiger partial charge on any atom is -0.492 e. The van der Waals surface area contributed by atoms with Crippen LogP contribution >= 0.6 is 12.4 Å². The molecule has 32 heavy (non-hydrogen) atoms. The van der Waals surface area contributed by atoms with Crippen LogP contribution in [-0.2, 0) is 6.54 Å². The Labute approximate surface area is 189 Å². The number of carbonyl (C=O) groups excluding carboxylic acids is 1. The number of aromatic nitrogens is 4. The van der Waals surface area contributed by atoms with E-state index in [1.807, 2.05) is 0 Å². The molecule has 1 fully saturated rings. The van der Waals surface area contributed by atoms with Gasteiger partial charge < -0.3 is 15.4 Å². The molecule has 0 spiro atoms. The predicted octanol–water partition coefficient (Wildman–Crippen LogP) is 2.41. The van der Waals surface area contributed by atoms with Crippen LogP contribution in [-0.4, -0.2) is 56.8 Å². The van der Waals surface area contributed by atoms with Gasteiger partial charge >= 0.3 is 0 Å². The molecule has 0 radical (unpaired) electrons. The highest BCUT2D eigenvalue weighted by Crippen LogP contribution is 2.29. The molecule has 0 unspecified atom stereocenters. The third kappa shape index (κ3) is 5.57. The zero-order chi connectivity index (χ0) is 21.8. The lowest BCUT2D eigenvalue weighted by atomic mass is 9.98. The Morgan fingerprint density at radius 2 is 2.00 bits per heavy atom. The van der Waals surface area contributed by atoms with Crippen molar-refractivity contribution in [1.29, 1.82) is 0 Å². The van der Waals surface area contributed by atoms with Crippen molar-refractivity contribution in [3.63, 3.8) is 0 Å². The molecule has 2 heterocycles. The van der Waals surface area contributed by atoms with E-state index in [0.29, 0.717) is 19.6 Å². The van der Waals surface area contributed by atoms with Crippen LogP contribution in [0.1, 0.15) is 28.3 Å². The number of rotatable bonds is 7. The van der Waals surface area contributed by atoms with Gasteiger partial charge in [0.2, 0.25) is 0 Å². The molecule has 1 amide bonds. The van der Waals surface area contributed by atoms with E-state index in [4.69, 9.17) is 10.5 Å². The van der Waals surface area contributed by atoms with Gasteiger partial charge in [-0.05, 0) is 41.5 Å². The molecule has 0 bridgehead atoms. The first kappa shape index (κ1) is 23.6. The van der Waals surface area contributed by atoms with Crippen molar-refractivity contribution in [1.82, 2.24) is 25.1 Å². The quantitative estimate of drug-likeness (QED) is 0.576. The van der Waals surface area contributed by atoms with E-state index in [1.54, 1.807) is 23.1 Å². The summed E-state index contributed by atoms with van der Waals surface area (Å²) < 4.78 is 33.3. The zero-order valence-electron chi connectivity index (χ0n) is 17.1. The first-order valence-corrected chi connectivity index (χ1v) is 9.93. The highest BCUT2D eigenvalue weighted by atomic mass is 35.5. The van der Waals surface area contributed by atoms with Crippen LogP contribution in [0, 0.1) is 11.6 Å². The fraction of sp³-hybridized carbons (Fsp3) is 0.333. The van der Waals surface area contributed by atoms with Gasteiger partial charge in [-0.2, -0.15) is 4.80 Å². The number of benzene rings is 2. The summed E-state index contributed by atoms with van der Waals surface area (Å²) in [6.07, 6.45) is 2.06. The van der Waals surface area contributed by atoms with Crippen LogP contribution in [0.4, 0.5) is 8.78 Å². The number of carbonyl (C=O) groups is 1. The van der Waals surface area contributed by atoms with Crippen molar-refractivity contribution in [3.05, 3.63) is 71.6 Å². The lowest BCUT2D eigenvalue weighted by Gasteiger charge is -2.18. The summed E-state index contributed by atoms with van der Waals surface area (Å²) in [7, 11) is 0. The SMILES string of the molecule is Cl.N[C@@H](COc1ccc(C(=O)N2CC[C@H](c3ccc(F)cc3)C2)c(F)c1)Cn1ncnn1. The van der Waals surface area contributed by atoms with Crippen LogP contribution in [0.15, 0.2) is 48.8 Å². The second-order valence-electron chi connectivity index (χ2n) is 7.49. The topological polar surface area (TPSA) is 99.2 Å². The standard InChI is InChI=1S/C21H22F2N6O2.ClH/c22-16-3-1-14(2-4-16)15-7-8-28(10-15)21(30)19-6-5-18(9-20(19)23)31-12-17(24)11-29-26-13-25-27-29;/h1-6,9,13,15,17H,7-8,10-12,24H2;1H/t15-,17+;/m0./s1. The largest absolute Gasteiger partial charge is 0.492 e. The molecule has 0 aliphatic carbocycles. The van der Waals surface area contributed by atoms with Crippen molar-refractivity contribution < 1.29 is 18.3 Å². The number of amides is 1. The van der Waals surface area contributed by atoms with Gasteiger partial charge in [-0.15, -0.1) is 22.6 Å². The third-order valence-electron chi connectivity index (χ3n) is 5.24. The highest BCUT2D eigenvalue weighted by molar-refractivity contribution is 5.94. The molecule has 1 aliphatic rings. The maximum atomic E-state index is 14.6. The van der Waals surface area contributed by atoms with Crippen LogP contribution in [0.3, 0.4) is 0 Å².